The maximum atomic E-state index is 12.0. The van der Waals surface area contributed by atoms with Gasteiger partial charge in [0.25, 0.3) is 0 Å². The first-order valence-corrected chi connectivity index (χ1v) is 23.4. The third-order valence-corrected chi connectivity index (χ3v) is 14.4. The molecule has 0 aliphatic rings. The molecule has 0 radical (unpaired) electrons. The van der Waals surface area contributed by atoms with Gasteiger partial charge in [0.2, 0.25) is 0 Å². The maximum Gasteiger partial charge on any atom is 0.187 e. The molecule has 5 aromatic rings. The number of aryl methyl sites for hydroxylation is 1. The highest BCUT2D eigenvalue weighted by Crippen LogP contribution is 2.16. The molecule has 13 heteroatoms. The van der Waals surface area contributed by atoms with Gasteiger partial charge in [-0.15, -0.1) is 11.8 Å². The van der Waals surface area contributed by atoms with Gasteiger partial charge in [-0.05, 0) is 67.3 Å². The van der Waals surface area contributed by atoms with Crippen LogP contribution in [0.1, 0.15) is 18.1 Å². The number of benzene rings is 5. The molecule has 50 heavy (non-hydrogen) atoms. The van der Waals surface area contributed by atoms with Crippen LogP contribution >= 0.6 is 11.8 Å². The van der Waals surface area contributed by atoms with Gasteiger partial charge in [0, 0.05) is 6.26 Å². The summed E-state index contributed by atoms with van der Waals surface area (Å²) >= 11 is 1.32. The summed E-state index contributed by atoms with van der Waals surface area (Å²) < 4.78 is 91.1. The second kappa shape index (κ2) is 20.2. The highest BCUT2D eigenvalue weighted by atomic mass is 32.3. The molecule has 0 fully saturated rings. The van der Waals surface area contributed by atoms with Gasteiger partial charge < -0.3 is 0 Å². The molecule has 0 aromatic heterocycles. The van der Waals surface area contributed by atoms with Gasteiger partial charge in [0.15, 0.2) is 39.3 Å². The zero-order chi connectivity index (χ0) is 37.3. The SMILES string of the molecule is CCS(=O)(=O)c1ccccc1.CS(=O)(=O)c1ccccc1.CSCS(=O)(=O)c1ccc(C)cc1.O=S(=O)(Cc1ccccc1)c1ccccc1. The van der Waals surface area contributed by atoms with E-state index in [9.17, 15) is 33.7 Å². The van der Waals surface area contributed by atoms with Crippen molar-refractivity contribution in [2.24, 2.45) is 0 Å². The van der Waals surface area contributed by atoms with Crippen LogP contribution in [0, 0.1) is 6.92 Å². The van der Waals surface area contributed by atoms with Gasteiger partial charge in [-0.2, -0.15) is 0 Å². The average Bonchev–Trinajstić information content (AvgIpc) is 3.10. The Labute approximate surface area is 302 Å². The van der Waals surface area contributed by atoms with Crippen molar-refractivity contribution >= 4 is 51.1 Å². The molecule has 0 aliphatic carbocycles. The summed E-state index contributed by atoms with van der Waals surface area (Å²) in [6, 6.07) is 41.5. The Bertz CT molecular complexity index is 2160. The van der Waals surface area contributed by atoms with Gasteiger partial charge in [0.05, 0.1) is 31.1 Å². The Morgan fingerprint density at radius 1 is 0.460 bits per heavy atom. The Morgan fingerprint density at radius 3 is 1.18 bits per heavy atom. The van der Waals surface area contributed by atoms with Crippen molar-refractivity contribution in [2.45, 2.75) is 39.2 Å². The molecular formula is C37H42O8S5. The largest absolute Gasteiger partial charge is 0.224 e. The standard InChI is InChI=1S/C13H12O2S.C9H12O2S2.C8H10O2S.C7H8O2S/c14-16(15,13-9-5-2-6-10-13)11-12-7-3-1-4-8-12;1-8-3-5-9(6-4-8)13(10,11)7-12-2;1-2-11(9,10)8-6-4-3-5-7-8;1-10(8,9)7-5-3-2-4-6-7/h1-10H,11H2;3-6H,7H2,1-2H3;3-7H,2H2,1H3;2-6H,1H3. The van der Waals surface area contributed by atoms with E-state index < -0.39 is 39.3 Å². The highest BCUT2D eigenvalue weighted by molar-refractivity contribution is 8.12. The van der Waals surface area contributed by atoms with E-state index in [0.717, 1.165) is 11.1 Å². The van der Waals surface area contributed by atoms with Crippen LogP contribution in [-0.2, 0) is 45.1 Å². The third kappa shape index (κ3) is 15.0. The smallest absolute Gasteiger partial charge is 0.187 e. The Morgan fingerprint density at radius 2 is 0.820 bits per heavy atom. The molecule has 5 aromatic carbocycles. The number of sulfone groups is 4. The maximum absolute atomic E-state index is 12.0. The fourth-order valence-electron chi connectivity index (χ4n) is 3.94. The molecule has 0 aliphatic heterocycles. The van der Waals surface area contributed by atoms with Crippen LogP contribution in [-0.4, -0.2) is 57.0 Å². The molecule has 0 bridgehead atoms. The van der Waals surface area contributed by atoms with Crippen LogP contribution in [0.4, 0.5) is 0 Å². The molecule has 268 valence electrons. The van der Waals surface area contributed by atoms with Crippen LogP contribution < -0.4 is 0 Å². The number of hydrogen-bond donors (Lipinski definition) is 0. The Balaban J connectivity index is 0.000000235. The molecule has 0 unspecified atom stereocenters. The van der Waals surface area contributed by atoms with Crippen LogP contribution in [0.15, 0.2) is 165 Å². The van der Waals surface area contributed by atoms with Crippen molar-refractivity contribution in [1.29, 1.82) is 0 Å². The normalized spacial score (nSPS) is 11.4. The van der Waals surface area contributed by atoms with Crippen molar-refractivity contribution in [3.8, 4) is 0 Å². The van der Waals surface area contributed by atoms with Crippen LogP contribution in [0.2, 0.25) is 0 Å². The predicted molar refractivity (Wildman–Crippen MR) is 204 cm³/mol. The first kappa shape index (κ1) is 42.4. The van der Waals surface area contributed by atoms with Gasteiger partial charge in [-0.25, -0.2) is 33.7 Å². The molecular weight excluding hydrogens is 733 g/mol. The summed E-state index contributed by atoms with van der Waals surface area (Å²) in [5, 5.41) is 0.149. The number of rotatable bonds is 9. The minimum atomic E-state index is -3.21. The average molecular weight is 775 g/mol. The second-order valence-corrected chi connectivity index (χ2v) is 20.2. The Hall–Kier alpha value is -3.75. The van der Waals surface area contributed by atoms with Gasteiger partial charge in [-0.1, -0.05) is 110 Å². The van der Waals surface area contributed by atoms with Gasteiger partial charge in [0.1, 0.15) is 5.08 Å². The van der Waals surface area contributed by atoms with Crippen molar-refractivity contribution in [1.82, 2.24) is 0 Å². The van der Waals surface area contributed by atoms with E-state index in [0.29, 0.717) is 19.6 Å². The van der Waals surface area contributed by atoms with Gasteiger partial charge in [-0.3, -0.25) is 0 Å². The van der Waals surface area contributed by atoms with Gasteiger partial charge >= 0.3 is 0 Å². The van der Waals surface area contributed by atoms with E-state index in [1.807, 2.05) is 55.5 Å². The molecule has 0 heterocycles. The number of hydrogen-bond acceptors (Lipinski definition) is 9. The minimum Gasteiger partial charge on any atom is -0.224 e. The summed E-state index contributed by atoms with van der Waals surface area (Å²) in [6.45, 7) is 3.58. The third-order valence-electron chi connectivity index (χ3n) is 6.61. The summed E-state index contributed by atoms with van der Waals surface area (Å²) in [6.07, 6.45) is 2.98. The van der Waals surface area contributed by atoms with Crippen molar-refractivity contribution in [3.05, 3.63) is 157 Å². The molecule has 0 saturated carbocycles. The van der Waals surface area contributed by atoms with E-state index in [1.54, 1.807) is 110 Å². The fourth-order valence-corrected chi connectivity index (χ4v) is 9.20. The topological polar surface area (TPSA) is 137 Å². The lowest BCUT2D eigenvalue weighted by molar-refractivity contribution is 0.594. The zero-order valence-corrected chi connectivity index (χ0v) is 32.4. The molecule has 0 atom stereocenters. The molecule has 0 spiro atoms. The summed E-state index contributed by atoms with van der Waals surface area (Å²) in [7, 11) is -12.3. The van der Waals surface area contributed by atoms with Crippen LogP contribution in [0.5, 0.6) is 0 Å². The van der Waals surface area contributed by atoms with Crippen molar-refractivity contribution in [3.63, 3.8) is 0 Å². The first-order valence-electron chi connectivity index (χ1n) is 15.1. The lowest BCUT2D eigenvalue weighted by Gasteiger charge is -2.03. The van der Waals surface area contributed by atoms with Crippen molar-refractivity contribution in [2.75, 3.05) is 23.3 Å². The molecule has 0 N–H and O–H groups in total. The van der Waals surface area contributed by atoms with E-state index >= 15 is 0 Å². The lowest BCUT2D eigenvalue weighted by Crippen LogP contribution is -2.04. The Kier molecular flexibility index (Phi) is 17.1. The van der Waals surface area contributed by atoms with E-state index in [1.165, 1.54) is 18.0 Å². The van der Waals surface area contributed by atoms with Crippen LogP contribution in [0.25, 0.3) is 0 Å². The molecule has 5 rings (SSSR count). The summed E-state index contributed by atoms with van der Waals surface area (Å²) in [5.74, 6) is 0.217. The number of thioether (sulfide) groups is 1. The highest BCUT2D eigenvalue weighted by Gasteiger charge is 2.14. The summed E-state index contributed by atoms with van der Waals surface area (Å²) in [5.41, 5.74) is 1.88. The first-order chi connectivity index (χ1) is 23.5. The van der Waals surface area contributed by atoms with E-state index in [4.69, 9.17) is 0 Å². The van der Waals surface area contributed by atoms with Crippen molar-refractivity contribution < 1.29 is 33.7 Å². The van der Waals surface area contributed by atoms with E-state index in [2.05, 4.69) is 0 Å². The molecule has 0 amide bonds. The minimum absolute atomic E-state index is 0.0534. The van der Waals surface area contributed by atoms with E-state index in [-0.39, 0.29) is 16.6 Å². The van der Waals surface area contributed by atoms with Crippen LogP contribution in [0.3, 0.4) is 0 Å². The monoisotopic (exact) mass is 774 g/mol. The fraction of sp³-hybridized carbons (Fsp3) is 0.189. The second-order valence-electron chi connectivity index (χ2n) is 10.7. The summed E-state index contributed by atoms with van der Waals surface area (Å²) in [4.78, 5) is 1.56. The lowest BCUT2D eigenvalue weighted by atomic mass is 10.2. The molecule has 0 saturated heterocycles. The zero-order valence-electron chi connectivity index (χ0n) is 28.3. The molecule has 8 nitrogen and oxygen atoms in total. The predicted octanol–water partition coefficient (Wildman–Crippen LogP) is 7.32. The quantitative estimate of drug-likeness (QED) is 0.151.